The molecule has 0 amide bonds. The molecule has 1 spiro atoms. The molecule has 3 aliphatic rings. The number of hydrogen-bond acceptors (Lipinski definition) is 4. The summed E-state index contributed by atoms with van der Waals surface area (Å²) in [6.07, 6.45) is 5.42. The molecule has 0 fully saturated rings. The summed E-state index contributed by atoms with van der Waals surface area (Å²) in [6.45, 7) is 0. The molecule has 4 heteroatoms. The standard InChI is InChI=1S/C59H38N2O2/c1-2-15-38(16-3-1)52-36-53(39-31-29-37(30-32-39)42-22-14-23-46-45-20-8-12-27-54(45)63-57(42)46)61-58(60-52)47-21-5-4-17-41(47)40-33-34-51-56(35-40)62-55-28-13-11-26-50(55)59(51)48-24-9-6-18-43(48)44-19-7-10-25-49(44)59/h1-34,36,40H,35H2. The predicted octanol–water partition coefficient (Wildman–Crippen LogP) is 14.7. The Morgan fingerprint density at radius 1 is 0.476 bits per heavy atom. The molecule has 0 saturated heterocycles. The lowest BCUT2D eigenvalue weighted by molar-refractivity contribution is 0.357. The number of aromatic nitrogens is 2. The number of para-hydroxylation sites is 3. The molecule has 2 aromatic heterocycles. The van der Waals surface area contributed by atoms with Crippen molar-refractivity contribution in [2.24, 2.45) is 0 Å². The summed E-state index contributed by atoms with van der Waals surface area (Å²) < 4.78 is 13.4. The number of benzene rings is 8. The van der Waals surface area contributed by atoms with Gasteiger partial charge < -0.3 is 9.15 Å². The van der Waals surface area contributed by atoms with Gasteiger partial charge in [-0.3, -0.25) is 0 Å². The van der Waals surface area contributed by atoms with Crippen LogP contribution in [0, 0.1) is 0 Å². The van der Waals surface area contributed by atoms with Crippen molar-refractivity contribution in [1.29, 1.82) is 0 Å². The van der Waals surface area contributed by atoms with Gasteiger partial charge in [0.1, 0.15) is 22.7 Å². The lowest BCUT2D eigenvalue weighted by Crippen LogP contribution is -2.35. The van der Waals surface area contributed by atoms with E-state index in [9.17, 15) is 0 Å². The summed E-state index contributed by atoms with van der Waals surface area (Å²) >= 11 is 0. The van der Waals surface area contributed by atoms with Crippen molar-refractivity contribution in [3.05, 3.63) is 246 Å². The minimum Gasteiger partial charge on any atom is -0.461 e. The molecule has 296 valence electrons. The van der Waals surface area contributed by atoms with Crippen LogP contribution in [0.3, 0.4) is 0 Å². The molecule has 1 aliphatic heterocycles. The average Bonchev–Trinajstić information content (AvgIpc) is 3.88. The van der Waals surface area contributed by atoms with Gasteiger partial charge in [-0.05, 0) is 51.6 Å². The number of nitrogens with zero attached hydrogens (tertiary/aromatic N) is 2. The Morgan fingerprint density at radius 2 is 1.06 bits per heavy atom. The van der Waals surface area contributed by atoms with Crippen LogP contribution in [0.5, 0.6) is 5.75 Å². The van der Waals surface area contributed by atoms with Crippen molar-refractivity contribution in [2.45, 2.75) is 17.8 Å². The molecular formula is C59H38N2O2. The molecular weight excluding hydrogens is 769 g/mol. The van der Waals surface area contributed by atoms with E-state index in [4.69, 9.17) is 19.1 Å². The van der Waals surface area contributed by atoms with E-state index >= 15 is 0 Å². The van der Waals surface area contributed by atoms with Gasteiger partial charge in [-0.15, -0.1) is 0 Å². The number of fused-ring (bicyclic) bond motifs is 11. The minimum atomic E-state index is -0.478. The Morgan fingerprint density at radius 3 is 1.84 bits per heavy atom. The Hall–Kier alpha value is -8.08. The van der Waals surface area contributed by atoms with E-state index in [-0.39, 0.29) is 5.92 Å². The highest BCUT2D eigenvalue weighted by Gasteiger charge is 2.52. The van der Waals surface area contributed by atoms with E-state index < -0.39 is 5.41 Å². The highest BCUT2D eigenvalue weighted by atomic mass is 16.5. The minimum absolute atomic E-state index is 0.0295. The summed E-state index contributed by atoms with van der Waals surface area (Å²) in [4.78, 5) is 10.7. The number of rotatable bonds is 5. The lowest BCUT2D eigenvalue weighted by Gasteiger charge is -2.42. The van der Waals surface area contributed by atoms with E-state index in [0.717, 1.165) is 78.2 Å². The van der Waals surface area contributed by atoms with Gasteiger partial charge >= 0.3 is 0 Å². The van der Waals surface area contributed by atoms with E-state index in [1.165, 1.54) is 33.4 Å². The van der Waals surface area contributed by atoms with Crippen LogP contribution >= 0.6 is 0 Å². The summed E-state index contributed by atoms with van der Waals surface area (Å²) in [5.74, 6) is 2.63. The molecule has 0 bridgehead atoms. The molecule has 0 N–H and O–H groups in total. The van der Waals surface area contributed by atoms with E-state index in [1.54, 1.807) is 0 Å². The molecule has 1 unspecified atom stereocenters. The molecule has 3 heterocycles. The Labute approximate surface area is 365 Å². The SMILES string of the molecule is C1=CC(c2ccccc2-c2nc(-c3ccccc3)cc(-c3ccc(-c4cccc5c4oc4ccccc45)cc3)n2)CC2=C1C1(c3ccccc3O2)c2ccccc2-c2ccccc21. The monoisotopic (exact) mass is 806 g/mol. The molecule has 13 rings (SSSR count). The Bertz CT molecular complexity index is 3480. The first kappa shape index (κ1) is 35.7. The lowest BCUT2D eigenvalue weighted by atomic mass is 9.64. The van der Waals surface area contributed by atoms with Crippen molar-refractivity contribution in [3.8, 4) is 61.9 Å². The maximum atomic E-state index is 6.98. The van der Waals surface area contributed by atoms with Crippen LogP contribution < -0.4 is 4.74 Å². The fraction of sp³-hybridized carbons (Fsp3) is 0.0508. The van der Waals surface area contributed by atoms with Crippen molar-refractivity contribution < 1.29 is 9.15 Å². The van der Waals surface area contributed by atoms with Crippen LogP contribution in [0.2, 0.25) is 0 Å². The molecule has 63 heavy (non-hydrogen) atoms. The van der Waals surface area contributed by atoms with Gasteiger partial charge in [-0.2, -0.15) is 0 Å². The second-order valence-corrected chi connectivity index (χ2v) is 16.7. The fourth-order valence-corrected chi connectivity index (χ4v) is 10.6. The van der Waals surface area contributed by atoms with Gasteiger partial charge in [-0.25, -0.2) is 9.97 Å². The molecule has 0 saturated carbocycles. The van der Waals surface area contributed by atoms with Crippen LogP contribution in [-0.2, 0) is 5.41 Å². The largest absolute Gasteiger partial charge is 0.461 e. The summed E-state index contributed by atoms with van der Waals surface area (Å²) in [6, 6.07) is 70.8. The molecule has 1 atom stereocenters. The normalized spacial score (nSPS) is 15.5. The Kier molecular flexibility index (Phi) is 7.91. The second-order valence-electron chi connectivity index (χ2n) is 16.7. The fourth-order valence-electron chi connectivity index (χ4n) is 10.6. The molecule has 8 aromatic carbocycles. The van der Waals surface area contributed by atoms with Gasteiger partial charge in [0.2, 0.25) is 0 Å². The predicted molar refractivity (Wildman–Crippen MR) is 253 cm³/mol. The summed E-state index contributed by atoms with van der Waals surface area (Å²) in [7, 11) is 0. The zero-order chi connectivity index (χ0) is 41.5. The average molecular weight is 807 g/mol. The number of allylic oxidation sites excluding steroid dienone is 4. The van der Waals surface area contributed by atoms with Gasteiger partial charge in [0.25, 0.3) is 0 Å². The Balaban J connectivity index is 0.909. The van der Waals surface area contributed by atoms with Crippen LogP contribution in [0.15, 0.2) is 228 Å². The van der Waals surface area contributed by atoms with Crippen LogP contribution in [0.25, 0.3) is 78.1 Å². The molecule has 2 aliphatic carbocycles. The highest BCUT2D eigenvalue weighted by molar-refractivity contribution is 6.09. The number of hydrogen-bond donors (Lipinski definition) is 0. The third-order valence-corrected chi connectivity index (χ3v) is 13.4. The van der Waals surface area contributed by atoms with Gasteiger partial charge in [0, 0.05) is 56.5 Å². The maximum absolute atomic E-state index is 6.98. The molecule has 10 aromatic rings. The topological polar surface area (TPSA) is 48.2 Å². The zero-order valence-electron chi connectivity index (χ0n) is 34.2. The quantitative estimate of drug-likeness (QED) is 0.174. The first-order valence-corrected chi connectivity index (χ1v) is 21.7. The van der Waals surface area contributed by atoms with Crippen molar-refractivity contribution in [2.75, 3.05) is 0 Å². The van der Waals surface area contributed by atoms with Crippen molar-refractivity contribution in [3.63, 3.8) is 0 Å². The van der Waals surface area contributed by atoms with Gasteiger partial charge in [0.15, 0.2) is 5.82 Å². The first-order chi connectivity index (χ1) is 31.2. The van der Waals surface area contributed by atoms with Crippen LogP contribution in [0.1, 0.15) is 34.6 Å². The first-order valence-electron chi connectivity index (χ1n) is 21.7. The van der Waals surface area contributed by atoms with Gasteiger partial charge in [-0.1, -0.05) is 194 Å². The highest BCUT2D eigenvalue weighted by Crippen LogP contribution is 2.62. The second kappa shape index (κ2) is 14.0. The van der Waals surface area contributed by atoms with Crippen molar-refractivity contribution in [1.82, 2.24) is 9.97 Å². The summed E-state index contributed by atoms with van der Waals surface area (Å²) in [5.41, 5.74) is 17.0. The van der Waals surface area contributed by atoms with E-state index in [0.29, 0.717) is 12.2 Å². The van der Waals surface area contributed by atoms with E-state index in [1.807, 2.05) is 18.2 Å². The van der Waals surface area contributed by atoms with Gasteiger partial charge in [0.05, 0.1) is 16.8 Å². The molecule has 0 radical (unpaired) electrons. The van der Waals surface area contributed by atoms with Crippen LogP contribution in [-0.4, -0.2) is 9.97 Å². The number of ether oxygens (including phenoxy) is 1. The smallest absolute Gasteiger partial charge is 0.160 e. The number of furan rings is 1. The van der Waals surface area contributed by atoms with Crippen molar-refractivity contribution >= 4 is 21.9 Å². The van der Waals surface area contributed by atoms with Crippen LogP contribution in [0.4, 0.5) is 0 Å². The van der Waals surface area contributed by atoms with E-state index in [2.05, 4.69) is 194 Å². The third-order valence-electron chi connectivity index (χ3n) is 13.4. The third kappa shape index (κ3) is 5.41. The maximum Gasteiger partial charge on any atom is 0.160 e. The summed E-state index contributed by atoms with van der Waals surface area (Å²) in [5, 5.41) is 2.24. The zero-order valence-corrected chi connectivity index (χ0v) is 34.2. The molecule has 4 nitrogen and oxygen atoms in total.